The number of aromatic nitrogens is 2. The molecule has 1 aliphatic heterocycles. The Morgan fingerprint density at radius 1 is 1.62 bits per heavy atom. The maximum absolute atomic E-state index is 11.5. The van der Waals surface area contributed by atoms with E-state index in [1.54, 1.807) is 0 Å². The van der Waals surface area contributed by atoms with Crippen LogP contribution in [0.2, 0.25) is 0 Å². The maximum atomic E-state index is 11.5. The van der Waals surface area contributed by atoms with Crippen LogP contribution in [0.4, 0.5) is 0 Å². The van der Waals surface area contributed by atoms with E-state index in [1.165, 1.54) is 6.92 Å². The number of rotatable bonds is 1. The number of H-pyrrole nitrogens is 1. The van der Waals surface area contributed by atoms with Crippen molar-refractivity contribution in [2.24, 2.45) is 0 Å². The first-order chi connectivity index (χ1) is 7.58. The molecule has 88 valence electrons. The van der Waals surface area contributed by atoms with Gasteiger partial charge in [0.15, 0.2) is 0 Å². The molecular formula is C10H15N3O3. The van der Waals surface area contributed by atoms with Crippen molar-refractivity contribution >= 4 is 0 Å². The smallest absolute Gasteiger partial charge is 0.257 e. The first kappa shape index (κ1) is 11.1. The van der Waals surface area contributed by atoms with Crippen molar-refractivity contribution in [1.82, 2.24) is 14.9 Å². The summed E-state index contributed by atoms with van der Waals surface area (Å²) in [5.41, 5.74) is -0.0905. The fourth-order valence-corrected chi connectivity index (χ4v) is 1.63. The molecule has 1 aliphatic rings. The molecule has 1 aromatic heterocycles. The Kier molecular flexibility index (Phi) is 2.93. The molecule has 0 aliphatic carbocycles. The largest absolute Gasteiger partial charge is 0.493 e. The van der Waals surface area contributed by atoms with Crippen molar-refractivity contribution < 1.29 is 9.84 Å². The minimum atomic E-state index is -0.320. The lowest BCUT2D eigenvalue weighted by Crippen LogP contribution is -2.36. The zero-order chi connectivity index (χ0) is 11.7. The van der Waals surface area contributed by atoms with Gasteiger partial charge in [0.2, 0.25) is 5.88 Å². The second-order valence-corrected chi connectivity index (χ2v) is 4.02. The summed E-state index contributed by atoms with van der Waals surface area (Å²) in [4.78, 5) is 20.1. The van der Waals surface area contributed by atoms with E-state index in [0.717, 1.165) is 6.54 Å². The summed E-state index contributed by atoms with van der Waals surface area (Å²) >= 11 is 0. The summed E-state index contributed by atoms with van der Waals surface area (Å²) in [5.74, 6) is 0.162. The molecule has 1 fully saturated rings. The van der Waals surface area contributed by atoms with Gasteiger partial charge in [0.1, 0.15) is 11.9 Å². The molecule has 0 spiro atoms. The Labute approximate surface area is 92.9 Å². The molecule has 0 aromatic carbocycles. The minimum absolute atomic E-state index is 0.226. The van der Waals surface area contributed by atoms with Crippen LogP contribution in [0.3, 0.4) is 0 Å². The van der Waals surface area contributed by atoms with Crippen molar-refractivity contribution in [1.29, 1.82) is 0 Å². The highest BCUT2D eigenvalue weighted by molar-refractivity contribution is 5.20. The summed E-state index contributed by atoms with van der Waals surface area (Å²) in [6.07, 6.45) is -0.280. The molecule has 0 saturated carbocycles. The van der Waals surface area contributed by atoms with Crippen LogP contribution in [0.25, 0.3) is 0 Å². The number of nitrogens with zero attached hydrogens (tertiary/aromatic N) is 2. The monoisotopic (exact) mass is 225 g/mol. The number of hydrogen-bond donors (Lipinski definition) is 2. The number of aromatic amines is 1. The normalized spacial score (nSPS) is 22.2. The van der Waals surface area contributed by atoms with Gasteiger partial charge in [0, 0.05) is 13.1 Å². The molecule has 1 saturated heterocycles. The fourth-order valence-electron chi connectivity index (χ4n) is 1.63. The minimum Gasteiger partial charge on any atom is -0.493 e. The average Bonchev–Trinajstić information content (AvgIpc) is 2.25. The maximum Gasteiger partial charge on any atom is 0.257 e. The summed E-state index contributed by atoms with van der Waals surface area (Å²) < 4.78 is 5.50. The Balaban J connectivity index is 2.30. The van der Waals surface area contributed by atoms with Gasteiger partial charge in [-0.05, 0) is 14.0 Å². The van der Waals surface area contributed by atoms with Crippen LogP contribution in [-0.2, 0) is 4.74 Å². The van der Waals surface area contributed by atoms with Gasteiger partial charge >= 0.3 is 0 Å². The second kappa shape index (κ2) is 4.23. The Morgan fingerprint density at radius 2 is 2.38 bits per heavy atom. The van der Waals surface area contributed by atoms with Crippen molar-refractivity contribution in [3.05, 3.63) is 21.7 Å². The number of ether oxygens (including phenoxy) is 1. The van der Waals surface area contributed by atoms with Crippen LogP contribution in [0.1, 0.15) is 17.5 Å². The van der Waals surface area contributed by atoms with E-state index in [2.05, 4.69) is 14.9 Å². The lowest BCUT2D eigenvalue weighted by atomic mass is 10.2. The molecule has 16 heavy (non-hydrogen) atoms. The Bertz CT molecular complexity index is 443. The van der Waals surface area contributed by atoms with E-state index < -0.39 is 0 Å². The third kappa shape index (κ3) is 2.07. The SMILES string of the molecule is Cc1c(O)nc(C2CN(C)CCO2)[nH]c1=O. The Hall–Kier alpha value is -1.40. The van der Waals surface area contributed by atoms with Gasteiger partial charge < -0.3 is 19.7 Å². The van der Waals surface area contributed by atoms with Crippen molar-refractivity contribution in [2.45, 2.75) is 13.0 Å². The van der Waals surface area contributed by atoms with Crippen LogP contribution in [-0.4, -0.2) is 46.7 Å². The molecule has 2 N–H and O–H groups in total. The molecule has 1 atom stereocenters. The molecule has 0 amide bonds. The van der Waals surface area contributed by atoms with Crippen LogP contribution in [0, 0.1) is 6.92 Å². The second-order valence-electron chi connectivity index (χ2n) is 4.02. The zero-order valence-electron chi connectivity index (χ0n) is 9.36. The van der Waals surface area contributed by atoms with Gasteiger partial charge in [0.25, 0.3) is 5.56 Å². The predicted octanol–water partition coefficient (Wildman–Crippen LogP) is -0.213. The van der Waals surface area contributed by atoms with Crippen molar-refractivity contribution in [3.8, 4) is 5.88 Å². The summed E-state index contributed by atoms with van der Waals surface area (Å²) in [6.45, 7) is 3.64. The van der Waals surface area contributed by atoms with E-state index >= 15 is 0 Å². The highest BCUT2D eigenvalue weighted by Gasteiger charge is 2.22. The molecule has 6 nitrogen and oxygen atoms in total. The van der Waals surface area contributed by atoms with Gasteiger partial charge in [-0.15, -0.1) is 0 Å². The van der Waals surface area contributed by atoms with Crippen LogP contribution >= 0.6 is 0 Å². The van der Waals surface area contributed by atoms with Crippen LogP contribution in [0.15, 0.2) is 4.79 Å². The van der Waals surface area contributed by atoms with Gasteiger partial charge in [-0.25, -0.2) is 0 Å². The molecule has 1 unspecified atom stereocenters. The number of likely N-dealkylation sites (N-methyl/N-ethyl adjacent to an activating group) is 1. The van der Waals surface area contributed by atoms with Crippen molar-refractivity contribution in [2.75, 3.05) is 26.7 Å². The van der Waals surface area contributed by atoms with E-state index in [-0.39, 0.29) is 23.1 Å². The third-order valence-electron chi connectivity index (χ3n) is 2.72. The highest BCUT2D eigenvalue weighted by atomic mass is 16.5. The van der Waals surface area contributed by atoms with Gasteiger partial charge in [-0.1, -0.05) is 0 Å². The first-order valence-electron chi connectivity index (χ1n) is 5.18. The summed E-state index contributed by atoms with van der Waals surface area (Å²) in [7, 11) is 1.97. The molecule has 2 rings (SSSR count). The van der Waals surface area contributed by atoms with Gasteiger partial charge in [0.05, 0.1) is 12.2 Å². The number of nitrogens with one attached hydrogen (secondary N) is 1. The molecule has 6 heteroatoms. The van der Waals surface area contributed by atoms with Crippen molar-refractivity contribution in [3.63, 3.8) is 0 Å². The first-order valence-corrected chi connectivity index (χ1v) is 5.18. The predicted molar refractivity (Wildman–Crippen MR) is 57.4 cm³/mol. The number of aromatic hydroxyl groups is 1. The zero-order valence-corrected chi connectivity index (χ0v) is 9.36. The van der Waals surface area contributed by atoms with Crippen LogP contribution in [0.5, 0.6) is 5.88 Å². The molecule has 1 aromatic rings. The standard InChI is InChI=1S/C10H15N3O3/c1-6-9(14)11-8(12-10(6)15)7-5-13(2)3-4-16-7/h7H,3-5H2,1-2H3,(H2,11,12,14,15). The van der Waals surface area contributed by atoms with E-state index in [4.69, 9.17) is 4.74 Å². The van der Waals surface area contributed by atoms with E-state index in [0.29, 0.717) is 19.0 Å². The molecule has 0 bridgehead atoms. The van der Waals surface area contributed by atoms with Gasteiger partial charge in [-0.2, -0.15) is 4.98 Å². The van der Waals surface area contributed by atoms with E-state index in [1.807, 2.05) is 7.05 Å². The lowest BCUT2D eigenvalue weighted by molar-refractivity contribution is -0.0258. The Morgan fingerprint density at radius 3 is 3.00 bits per heavy atom. The number of hydrogen-bond acceptors (Lipinski definition) is 5. The van der Waals surface area contributed by atoms with Crippen LogP contribution < -0.4 is 5.56 Å². The average molecular weight is 225 g/mol. The number of morpholine rings is 1. The molecule has 2 heterocycles. The highest BCUT2D eigenvalue weighted by Crippen LogP contribution is 2.19. The summed E-state index contributed by atoms with van der Waals surface area (Å²) in [6, 6.07) is 0. The fraction of sp³-hybridized carbons (Fsp3) is 0.600. The summed E-state index contributed by atoms with van der Waals surface area (Å²) in [5, 5.41) is 9.48. The topological polar surface area (TPSA) is 78.5 Å². The van der Waals surface area contributed by atoms with E-state index in [9.17, 15) is 9.90 Å². The molecule has 0 radical (unpaired) electrons. The molecular weight excluding hydrogens is 210 g/mol. The third-order valence-corrected chi connectivity index (χ3v) is 2.72. The quantitative estimate of drug-likeness (QED) is 0.691. The van der Waals surface area contributed by atoms with Gasteiger partial charge in [-0.3, -0.25) is 4.79 Å². The lowest BCUT2D eigenvalue weighted by Gasteiger charge is -2.29.